The van der Waals surface area contributed by atoms with Crippen molar-refractivity contribution in [1.82, 2.24) is 23.9 Å². The molecule has 16 heteroatoms. The molecule has 1 spiro atoms. The first kappa shape index (κ1) is 37.6. The normalized spacial score (nSPS) is 19.1. The number of carbonyl (C=O) groups is 1. The molecule has 3 atom stereocenters. The highest BCUT2D eigenvalue weighted by Crippen LogP contribution is 2.44. The number of benzene rings is 1. The van der Waals surface area contributed by atoms with Crippen molar-refractivity contribution in [2.45, 2.75) is 89.1 Å². The number of ether oxygens (including phenoxy) is 2. The van der Waals surface area contributed by atoms with Gasteiger partial charge in [0, 0.05) is 44.1 Å². The minimum Gasteiger partial charge on any atom is -0.481 e. The number of halogens is 3. The Hall–Kier alpha value is -4.12. The first-order chi connectivity index (χ1) is 24.5. The Morgan fingerprint density at radius 3 is 2.52 bits per heavy atom. The summed E-state index contributed by atoms with van der Waals surface area (Å²) in [4.78, 5) is 17.9. The number of hydrogen-bond acceptors (Lipinski definition) is 9. The van der Waals surface area contributed by atoms with Gasteiger partial charge in [-0.3, -0.25) is 9.20 Å². The van der Waals surface area contributed by atoms with E-state index in [-0.39, 0.29) is 30.7 Å². The van der Waals surface area contributed by atoms with E-state index in [1.54, 1.807) is 32.9 Å². The summed E-state index contributed by atoms with van der Waals surface area (Å²) in [5.41, 5.74) is 1.03. The molecule has 12 nitrogen and oxygen atoms in total. The molecular weight excluding hydrogens is 701 g/mol. The van der Waals surface area contributed by atoms with E-state index in [0.717, 1.165) is 15.5 Å². The van der Waals surface area contributed by atoms with Gasteiger partial charge in [0.1, 0.15) is 27.3 Å². The van der Waals surface area contributed by atoms with Crippen LogP contribution in [0.1, 0.15) is 79.6 Å². The number of nitrogens with one attached hydrogen (secondary N) is 1. The molecular formula is C36H43F3N6O6S. The molecule has 0 bridgehead atoms. The molecule has 280 valence electrons. The van der Waals surface area contributed by atoms with Crippen LogP contribution in [-0.2, 0) is 33.2 Å². The van der Waals surface area contributed by atoms with Crippen molar-refractivity contribution < 1.29 is 41.9 Å². The molecule has 0 saturated carbocycles. The van der Waals surface area contributed by atoms with Crippen molar-refractivity contribution in [2.24, 2.45) is 5.41 Å². The van der Waals surface area contributed by atoms with E-state index in [1.165, 1.54) is 12.3 Å². The fourth-order valence-corrected chi connectivity index (χ4v) is 8.36. The number of aryl methyl sites for hydroxylation is 2. The summed E-state index contributed by atoms with van der Waals surface area (Å²) in [5.74, 6) is -2.25. The van der Waals surface area contributed by atoms with Gasteiger partial charge in [-0.1, -0.05) is 18.2 Å². The topological polar surface area (TPSA) is 151 Å². The molecule has 4 aromatic rings. The first-order valence-corrected chi connectivity index (χ1v) is 18.2. The van der Waals surface area contributed by atoms with Gasteiger partial charge in [0.2, 0.25) is 11.7 Å². The Labute approximate surface area is 302 Å². The van der Waals surface area contributed by atoms with Crippen LogP contribution in [0.5, 0.6) is 5.88 Å². The molecule has 5 heterocycles. The van der Waals surface area contributed by atoms with Crippen molar-refractivity contribution in [2.75, 3.05) is 31.7 Å². The number of pyridine rings is 2. The lowest BCUT2D eigenvalue weighted by molar-refractivity contribution is -0.147. The van der Waals surface area contributed by atoms with Gasteiger partial charge >= 0.3 is 12.1 Å². The van der Waals surface area contributed by atoms with E-state index in [0.29, 0.717) is 66.4 Å². The lowest BCUT2D eigenvalue weighted by Crippen LogP contribution is -2.49. The lowest BCUT2D eigenvalue weighted by atomic mass is 9.70. The number of aliphatic hydroxyl groups is 1. The number of aliphatic carboxylic acids is 1. The number of carboxylic acid groups (broad SMARTS) is 1. The van der Waals surface area contributed by atoms with Crippen LogP contribution < -0.4 is 10.1 Å². The highest BCUT2D eigenvalue weighted by atomic mass is 32.2. The zero-order valence-corrected chi connectivity index (χ0v) is 30.5. The van der Waals surface area contributed by atoms with Crippen LogP contribution in [0.3, 0.4) is 0 Å². The van der Waals surface area contributed by atoms with Gasteiger partial charge in [-0.25, -0.2) is 8.51 Å². The fourth-order valence-electron chi connectivity index (χ4n) is 7.05. The number of nitrogens with zero attached hydrogens (tertiary/aromatic N) is 5. The minimum absolute atomic E-state index is 0.0152. The molecule has 0 aliphatic carbocycles. The predicted molar refractivity (Wildman–Crippen MR) is 186 cm³/mol. The van der Waals surface area contributed by atoms with Crippen LogP contribution in [0.15, 0.2) is 47.5 Å². The summed E-state index contributed by atoms with van der Waals surface area (Å²) in [6.07, 6.45) is -1.87. The van der Waals surface area contributed by atoms with Gasteiger partial charge in [0.15, 0.2) is 5.65 Å². The van der Waals surface area contributed by atoms with Crippen LogP contribution in [0.4, 0.5) is 19.0 Å². The standard InChI is InChI=1S/C36H43F3N6O6S/c1-21-6-7-24(29(34(4,5)33(47)48)26-10-14-45-30(23(26)3)42-43-32(45)36(37,38)39)18-25(21)19-44-20-35(12-16-50-17-13-35)51-31-27(52(44)49)8-9-28(41-31)40-22(2)11-15-46/h6-10,14,18,22,29,46H,11-13,15-17,19-20H2,1-5H3,(H,40,41)(H,47,48). The average Bonchev–Trinajstić information content (AvgIpc) is 3.49. The second-order valence-electron chi connectivity index (χ2n) is 14.3. The number of aliphatic hydroxyl groups excluding tert-OH is 1. The van der Waals surface area contributed by atoms with Gasteiger partial charge in [-0.05, 0) is 87.1 Å². The van der Waals surface area contributed by atoms with Crippen molar-refractivity contribution in [1.29, 1.82) is 0 Å². The fraction of sp³-hybridized carbons (Fsp3) is 0.500. The van der Waals surface area contributed by atoms with E-state index in [2.05, 4.69) is 15.5 Å². The van der Waals surface area contributed by atoms with Crippen LogP contribution in [-0.4, -0.2) is 82.3 Å². The van der Waals surface area contributed by atoms with Gasteiger partial charge < -0.3 is 25.0 Å². The average molecular weight is 745 g/mol. The number of fused-ring (bicyclic) bond motifs is 2. The van der Waals surface area contributed by atoms with Crippen LogP contribution >= 0.6 is 0 Å². The largest absolute Gasteiger partial charge is 0.481 e. The van der Waals surface area contributed by atoms with Crippen LogP contribution in [0.2, 0.25) is 0 Å². The monoisotopic (exact) mass is 744 g/mol. The van der Waals surface area contributed by atoms with Gasteiger partial charge in [0.25, 0.3) is 0 Å². The van der Waals surface area contributed by atoms with Crippen molar-refractivity contribution >= 4 is 28.4 Å². The maximum Gasteiger partial charge on any atom is 0.452 e. The van der Waals surface area contributed by atoms with Crippen molar-refractivity contribution in [3.05, 3.63) is 76.2 Å². The molecule has 2 aliphatic heterocycles. The van der Waals surface area contributed by atoms with Crippen molar-refractivity contribution in [3.8, 4) is 5.88 Å². The number of rotatable bonds is 10. The Morgan fingerprint density at radius 2 is 1.85 bits per heavy atom. The molecule has 6 rings (SSSR count). The minimum atomic E-state index is -4.73. The summed E-state index contributed by atoms with van der Waals surface area (Å²) >= 11 is 0. The third-order valence-electron chi connectivity index (χ3n) is 10.1. The summed E-state index contributed by atoms with van der Waals surface area (Å²) in [5, 5.41) is 30.3. The van der Waals surface area contributed by atoms with Gasteiger partial charge in [-0.15, -0.1) is 10.2 Å². The first-order valence-electron chi connectivity index (χ1n) is 17.1. The zero-order valence-electron chi connectivity index (χ0n) is 29.7. The summed E-state index contributed by atoms with van der Waals surface area (Å²) in [7, 11) is -1.70. The number of hydrogen-bond donors (Lipinski definition) is 3. The lowest BCUT2D eigenvalue weighted by Gasteiger charge is -2.38. The summed E-state index contributed by atoms with van der Waals surface area (Å²) in [6.45, 7) is 10.1. The molecule has 2 aliphatic rings. The Bertz CT molecular complexity index is 2000. The maximum absolute atomic E-state index is 14.4. The molecule has 52 heavy (non-hydrogen) atoms. The molecule has 0 radical (unpaired) electrons. The number of anilines is 1. The summed E-state index contributed by atoms with van der Waals surface area (Å²) in [6, 6.07) is 10.5. The third kappa shape index (κ3) is 7.25. The van der Waals surface area contributed by atoms with Crippen LogP contribution in [0, 0.1) is 19.3 Å². The quantitative estimate of drug-likeness (QED) is 0.186. The summed E-state index contributed by atoms with van der Waals surface area (Å²) < 4.78 is 70.4. The van der Waals surface area contributed by atoms with E-state index in [9.17, 15) is 32.4 Å². The highest BCUT2D eigenvalue weighted by Gasteiger charge is 2.44. The molecule has 1 fully saturated rings. The van der Waals surface area contributed by atoms with Crippen molar-refractivity contribution in [3.63, 3.8) is 0 Å². The van der Waals surface area contributed by atoms with Gasteiger partial charge in [-0.2, -0.15) is 18.2 Å². The molecule has 3 N–H and O–H groups in total. The second kappa shape index (κ2) is 14.4. The molecule has 1 saturated heterocycles. The third-order valence-corrected chi connectivity index (χ3v) is 11.6. The molecule has 3 aromatic heterocycles. The molecule has 3 unspecified atom stereocenters. The Morgan fingerprint density at radius 1 is 1.12 bits per heavy atom. The van der Waals surface area contributed by atoms with E-state index in [4.69, 9.17) is 14.5 Å². The number of carboxylic acids is 1. The second-order valence-corrected chi connectivity index (χ2v) is 15.7. The smallest absolute Gasteiger partial charge is 0.452 e. The number of aromatic nitrogens is 4. The Balaban J connectivity index is 1.40. The van der Waals surface area contributed by atoms with Gasteiger partial charge in [0.05, 0.1) is 25.2 Å². The number of alkyl halides is 3. The maximum atomic E-state index is 14.4. The Kier molecular flexibility index (Phi) is 10.4. The predicted octanol–water partition coefficient (Wildman–Crippen LogP) is 5.65. The molecule has 1 aromatic carbocycles. The van der Waals surface area contributed by atoms with Crippen LogP contribution in [0.25, 0.3) is 5.65 Å². The molecule has 0 amide bonds. The van der Waals surface area contributed by atoms with E-state index in [1.807, 2.05) is 36.4 Å². The zero-order chi connectivity index (χ0) is 37.6. The highest BCUT2D eigenvalue weighted by molar-refractivity contribution is 7.82. The van der Waals surface area contributed by atoms with E-state index < -0.39 is 45.9 Å². The SMILES string of the molecule is Cc1ccc(C(c2ccn3c(C(F)(F)F)nnc3c2C)C(C)(C)C(=O)O)cc1CN1CC2(CCOCC2)Oc2nc(NC(C)CCO)ccc2S1=O. The van der Waals surface area contributed by atoms with E-state index >= 15 is 0 Å².